The first-order valence-electron chi connectivity index (χ1n) is 10.4. The lowest BCUT2D eigenvalue weighted by Crippen LogP contribution is -2.52. The van der Waals surface area contributed by atoms with Crippen LogP contribution in [0.4, 0.5) is 4.39 Å². The lowest BCUT2D eigenvalue weighted by molar-refractivity contribution is -0.136. The van der Waals surface area contributed by atoms with E-state index in [0.29, 0.717) is 28.8 Å². The summed E-state index contributed by atoms with van der Waals surface area (Å²) in [7, 11) is 1.77. The molecule has 0 spiro atoms. The van der Waals surface area contributed by atoms with E-state index in [9.17, 15) is 18.8 Å². The van der Waals surface area contributed by atoms with Gasteiger partial charge in [-0.2, -0.15) is 5.10 Å². The molecule has 8 heteroatoms. The Hall–Kier alpha value is -3.81. The summed E-state index contributed by atoms with van der Waals surface area (Å²) < 4.78 is 16.5. The molecule has 3 heterocycles. The van der Waals surface area contributed by atoms with Crippen molar-refractivity contribution < 1.29 is 18.8 Å². The number of benzene rings is 2. The van der Waals surface area contributed by atoms with E-state index in [4.69, 9.17) is 0 Å². The van der Waals surface area contributed by atoms with Crippen LogP contribution in [0.25, 0.3) is 22.4 Å². The summed E-state index contributed by atoms with van der Waals surface area (Å²) in [5.41, 5.74) is 4.55. The molecule has 1 saturated heterocycles. The first-order valence-corrected chi connectivity index (χ1v) is 10.4. The van der Waals surface area contributed by atoms with Crippen LogP contribution in [0.15, 0.2) is 42.6 Å². The minimum absolute atomic E-state index is 0.211. The number of piperidine rings is 1. The molecule has 32 heavy (non-hydrogen) atoms. The summed E-state index contributed by atoms with van der Waals surface area (Å²) in [5, 5.41) is 6.65. The number of rotatable bonds is 3. The van der Waals surface area contributed by atoms with Crippen molar-refractivity contribution in [2.45, 2.75) is 32.4 Å². The molecule has 3 aromatic rings. The van der Waals surface area contributed by atoms with Crippen molar-refractivity contribution in [3.05, 3.63) is 65.1 Å². The Morgan fingerprint density at radius 2 is 1.91 bits per heavy atom. The second-order valence-corrected chi connectivity index (χ2v) is 8.24. The average Bonchev–Trinajstić information content (AvgIpc) is 3.30. The number of hydrogen-bond acceptors (Lipinski definition) is 4. The van der Waals surface area contributed by atoms with Crippen LogP contribution in [0.2, 0.25) is 0 Å². The van der Waals surface area contributed by atoms with Gasteiger partial charge in [0, 0.05) is 36.7 Å². The number of carbonyl (C=O) groups is 3. The lowest BCUT2D eigenvalue weighted by atomic mass is 9.97. The Kier molecular flexibility index (Phi) is 4.65. The van der Waals surface area contributed by atoms with Crippen molar-refractivity contribution in [1.29, 1.82) is 0 Å². The van der Waals surface area contributed by atoms with Crippen molar-refractivity contribution in [2.24, 2.45) is 7.05 Å². The molecule has 0 bridgehead atoms. The fraction of sp³-hybridized carbons (Fsp3) is 0.250. The number of aromatic nitrogens is 2. The van der Waals surface area contributed by atoms with E-state index >= 15 is 0 Å². The first-order chi connectivity index (χ1) is 15.3. The molecule has 0 saturated carbocycles. The summed E-state index contributed by atoms with van der Waals surface area (Å²) in [5.74, 6) is -1.27. The predicted octanol–water partition coefficient (Wildman–Crippen LogP) is 2.96. The van der Waals surface area contributed by atoms with Crippen molar-refractivity contribution in [2.75, 3.05) is 0 Å². The van der Waals surface area contributed by atoms with E-state index in [2.05, 4.69) is 10.4 Å². The average molecular weight is 432 g/mol. The highest BCUT2D eigenvalue weighted by Crippen LogP contribution is 2.36. The van der Waals surface area contributed by atoms with Gasteiger partial charge in [0.2, 0.25) is 11.8 Å². The molecule has 162 valence electrons. The van der Waals surface area contributed by atoms with Gasteiger partial charge in [-0.05, 0) is 48.2 Å². The Morgan fingerprint density at radius 1 is 1.09 bits per heavy atom. The summed E-state index contributed by atoms with van der Waals surface area (Å²) in [6.07, 6.45) is 2.22. The van der Waals surface area contributed by atoms with E-state index < -0.39 is 11.9 Å². The van der Waals surface area contributed by atoms with Crippen molar-refractivity contribution in [1.82, 2.24) is 20.0 Å². The second kappa shape index (κ2) is 7.40. The van der Waals surface area contributed by atoms with Gasteiger partial charge in [0.05, 0.1) is 11.9 Å². The first kappa shape index (κ1) is 20.1. The zero-order chi connectivity index (χ0) is 22.6. The molecule has 0 aliphatic carbocycles. The number of aryl methyl sites for hydroxylation is 2. The third kappa shape index (κ3) is 3.10. The highest BCUT2D eigenvalue weighted by atomic mass is 19.1. The molecule has 1 atom stereocenters. The molecule has 1 fully saturated rings. The molecule has 0 radical (unpaired) electrons. The zero-order valence-corrected chi connectivity index (χ0v) is 17.7. The Balaban J connectivity index is 1.52. The Morgan fingerprint density at radius 3 is 2.69 bits per heavy atom. The van der Waals surface area contributed by atoms with Crippen LogP contribution in [0.3, 0.4) is 0 Å². The standard InChI is InChI=1S/C24H21FN4O3/c1-13-4-3-5-17(21(13)25)22-18(11-26-28(22)2)14-6-7-16-15(10-14)12-29(24(16)32)19-8-9-20(30)27-23(19)31/h3-7,10-11,19H,8-9,12H2,1-2H3,(H,27,30,31). The smallest absolute Gasteiger partial charge is 0.255 e. The van der Waals surface area contributed by atoms with Crippen LogP contribution in [0.5, 0.6) is 0 Å². The summed E-state index contributed by atoms with van der Waals surface area (Å²) in [6, 6.07) is 10.0. The maximum atomic E-state index is 14.9. The molecule has 2 aromatic carbocycles. The molecule has 2 aliphatic heterocycles. The second-order valence-electron chi connectivity index (χ2n) is 8.24. The summed E-state index contributed by atoms with van der Waals surface area (Å²) >= 11 is 0. The van der Waals surface area contributed by atoms with Gasteiger partial charge in [-0.15, -0.1) is 0 Å². The largest absolute Gasteiger partial charge is 0.322 e. The molecule has 1 aromatic heterocycles. The Bertz CT molecular complexity index is 1300. The van der Waals surface area contributed by atoms with Gasteiger partial charge in [-0.3, -0.25) is 24.4 Å². The Labute approximate surface area is 183 Å². The van der Waals surface area contributed by atoms with Crippen LogP contribution in [-0.2, 0) is 23.2 Å². The van der Waals surface area contributed by atoms with Crippen molar-refractivity contribution in [3.8, 4) is 22.4 Å². The normalized spacial score (nSPS) is 18.2. The number of amides is 3. The van der Waals surface area contributed by atoms with E-state index in [0.717, 1.165) is 16.7 Å². The van der Waals surface area contributed by atoms with E-state index in [1.54, 1.807) is 43.0 Å². The van der Waals surface area contributed by atoms with Gasteiger partial charge in [0.25, 0.3) is 5.91 Å². The van der Waals surface area contributed by atoms with Crippen LogP contribution in [0.1, 0.15) is 34.3 Å². The number of nitrogens with one attached hydrogen (secondary N) is 1. The lowest BCUT2D eigenvalue weighted by Gasteiger charge is -2.29. The van der Waals surface area contributed by atoms with Gasteiger partial charge < -0.3 is 4.90 Å². The molecule has 1 unspecified atom stereocenters. The number of fused-ring (bicyclic) bond motifs is 1. The van der Waals surface area contributed by atoms with Crippen LogP contribution < -0.4 is 5.32 Å². The minimum atomic E-state index is -0.661. The fourth-order valence-corrected chi connectivity index (χ4v) is 4.54. The number of hydrogen-bond donors (Lipinski definition) is 1. The van der Waals surface area contributed by atoms with Crippen LogP contribution >= 0.6 is 0 Å². The molecule has 1 N–H and O–H groups in total. The maximum Gasteiger partial charge on any atom is 0.255 e. The summed E-state index contributed by atoms with van der Waals surface area (Å²) in [4.78, 5) is 38.2. The van der Waals surface area contributed by atoms with Crippen LogP contribution in [-0.4, -0.2) is 38.4 Å². The quantitative estimate of drug-likeness (QED) is 0.645. The van der Waals surface area contributed by atoms with Gasteiger partial charge in [-0.1, -0.05) is 18.2 Å². The third-order valence-corrected chi connectivity index (χ3v) is 6.22. The zero-order valence-electron chi connectivity index (χ0n) is 17.7. The van der Waals surface area contributed by atoms with Crippen molar-refractivity contribution >= 4 is 17.7 Å². The minimum Gasteiger partial charge on any atom is -0.322 e. The van der Waals surface area contributed by atoms with Gasteiger partial charge in [0.15, 0.2) is 0 Å². The third-order valence-electron chi connectivity index (χ3n) is 6.22. The van der Waals surface area contributed by atoms with Gasteiger partial charge >= 0.3 is 0 Å². The molecular weight excluding hydrogens is 411 g/mol. The topological polar surface area (TPSA) is 84.3 Å². The maximum absolute atomic E-state index is 14.9. The number of nitrogens with zero attached hydrogens (tertiary/aromatic N) is 3. The number of carbonyl (C=O) groups excluding carboxylic acids is 3. The molecule has 7 nitrogen and oxygen atoms in total. The monoisotopic (exact) mass is 432 g/mol. The van der Waals surface area contributed by atoms with E-state index in [1.165, 1.54) is 4.90 Å². The SMILES string of the molecule is Cc1cccc(-c2c(-c3ccc4c(c3)CN(C3CCC(=O)NC3=O)C4=O)cnn2C)c1F. The molecular formula is C24H21FN4O3. The predicted molar refractivity (Wildman–Crippen MR) is 115 cm³/mol. The van der Waals surface area contributed by atoms with E-state index in [1.807, 2.05) is 18.2 Å². The number of imide groups is 1. The summed E-state index contributed by atoms with van der Waals surface area (Å²) in [6.45, 7) is 2.00. The highest BCUT2D eigenvalue weighted by Gasteiger charge is 2.39. The fourth-order valence-electron chi connectivity index (χ4n) is 4.54. The molecule has 2 aliphatic rings. The van der Waals surface area contributed by atoms with Gasteiger partial charge in [-0.25, -0.2) is 4.39 Å². The molecule has 3 amide bonds. The van der Waals surface area contributed by atoms with Gasteiger partial charge in [0.1, 0.15) is 11.9 Å². The number of halogens is 1. The van der Waals surface area contributed by atoms with E-state index in [-0.39, 0.29) is 30.6 Å². The van der Waals surface area contributed by atoms with Crippen molar-refractivity contribution in [3.63, 3.8) is 0 Å². The molecule has 5 rings (SSSR count). The van der Waals surface area contributed by atoms with Crippen LogP contribution in [0, 0.1) is 12.7 Å². The highest BCUT2D eigenvalue weighted by molar-refractivity contribution is 6.05.